The number of allylic oxidation sites excluding steroid dienone is 1. The molecule has 3 heteroatoms. The number of hydrogen-bond donors (Lipinski definition) is 2. The first-order chi connectivity index (χ1) is 8.51. The van der Waals surface area contributed by atoms with Gasteiger partial charge in [0.15, 0.2) is 0 Å². The molecule has 2 atom stereocenters. The van der Waals surface area contributed by atoms with Crippen LogP contribution in [-0.4, -0.2) is 12.7 Å². The number of fused-ring (bicyclic) bond motifs is 3. The minimum Gasteiger partial charge on any atom is -0.369 e. The van der Waals surface area contributed by atoms with Crippen molar-refractivity contribution >= 4 is 21.6 Å². The lowest BCUT2D eigenvalue weighted by Crippen LogP contribution is -2.49. The maximum absolute atomic E-state index is 4.06. The second-order valence-electron chi connectivity index (χ2n) is 5.87. The predicted molar refractivity (Wildman–Crippen MR) is 79.8 cm³/mol. The summed E-state index contributed by atoms with van der Waals surface area (Å²) < 4.78 is 1.13. The summed E-state index contributed by atoms with van der Waals surface area (Å²) in [4.78, 5) is 0. The molecule has 2 nitrogen and oxygen atoms in total. The summed E-state index contributed by atoms with van der Waals surface area (Å²) in [6.07, 6.45) is 3.57. The molecule has 1 aromatic carbocycles. The van der Waals surface area contributed by atoms with Crippen molar-refractivity contribution in [1.82, 2.24) is 5.32 Å². The van der Waals surface area contributed by atoms with Crippen molar-refractivity contribution in [3.05, 3.63) is 40.9 Å². The third-order valence-electron chi connectivity index (χ3n) is 4.78. The number of rotatable bonds is 2. The van der Waals surface area contributed by atoms with Gasteiger partial charge in [-0.1, -0.05) is 41.9 Å². The Balaban J connectivity index is 2.21. The summed E-state index contributed by atoms with van der Waals surface area (Å²) in [7, 11) is 0. The van der Waals surface area contributed by atoms with Gasteiger partial charge in [0, 0.05) is 15.6 Å². The van der Waals surface area contributed by atoms with Gasteiger partial charge in [-0.2, -0.15) is 0 Å². The first-order valence-corrected chi connectivity index (χ1v) is 7.24. The third kappa shape index (κ3) is 1.38. The van der Waals surface area contributed by atoms with Crippen LogP contribution >= 0.6 is 15.9 Å². The Labute approximate surface area is 117 Å². The molecule has 2 N–H and O–H groups in total. The lowest BCUT2D eigenvalue weighted by Gasteiger charge is -2.42. The average Bonchev–Trinajstić information content (AvgIpc) is 2.85. The minimum atomic E-state index is 0.0627. The van der Waals surface area contributed by atoms with Crippen LogP contribution in [0.3, 0.4) is 0 Å². The van der Waals surface area contributed by atoms with Crippen molar-refractivity contribution in [3.63, 3.8) is 0 Å². The molecule has 0 aliphatic carbocycles. The van der Waals surface area contributed by atoms with E-state index >= 15 is 0 Å². The number of hydrogen-bond acceptors (Lipinski definition) is 2. The molecule has 0 aromatic heterocycles. The van der Waals surface area contributed by atoms with Gasteiger partial charge in [0.1, 0.15) is 0 Å². The zero-order valence-corrected chi connectivity index (χ0v) is 12.5. The number of benzene rings is 1. The minimum absolute atomic E-state index is 0.0627. The predicted octanol–water partition coefficient (Wildman–Crippen LogP) is 3.64. The van der Waals surface area contributed by atoms with Gasteiger partial charge in [0.05, 0.1) is 6.17 Å². The highest BCUT2D eigenvalue weighted by Crippen LogP contribution is 2.56. The van der Waals surface area contributed by atoms with Gasteiger partial charge in [-0.25, -0.2) is 0 Å². The van der Waals surface area contributed by atoms with Crippen molar-refractivity contribution in [1.29, 1.82) is 0 Å². The highest BCUT2D eigenvalue weighted by Gasteiger charge is 2.57. The fourth-order valence-corrected chi connectivity index (χ4v) is 3.96. The van der Waals surface area contributed by atoms with E-state index in [0.29, 0.717) is 6.17 Å². The molecule has 0 bridgehead atoms. The van der Waals surface area contributed by atoms with Gasteiger partial charge in [0.2, 0.25) is 0 Å². The summed E-state index contributed by atoms with van der Waals surface area (Å²) in [6, 6.07) is 6.57. The Morgan fingerprint density at radius 1 is 1.50 bits per heavy atom. The summed E-state index contributed by atoms with van der Waals surface area (Å²) >= 11 is 3.55. The number of anilines is 1. The van der Waals surface area contributed by atoms with Crippen LogP contribution in [0.15, 0.2) is 35.3 Å². The third-order valence-corrected chi connectivity index (χ3v) is 5.28. The van der Waals surface area contributed by atoms with Crippen molar-refractivity contribution in [2.75, 3.05) is 11.9 Å². The van der Waals surface area contributed by atoms with Gasteiger partial charge < -0.3 is 5.32 Å². The quantitative estimate of drug-likeness (QED) is 0.815. The summed E-state index contributed by atoms with van der Waals surface area (Å²) in [5.74, 6) is 0. The maximum atomic E-state index is 4.06. The molecule has 1 fully saturated rings. The Morgan fingerprint density at radius 2 is 2.28 bits per heavy atom. The molecule has 18 heavy (non-hydrogen) atoms. The summed E-state index contributed by atoms with van der Waals surface area (Å²) in [6.45, 7) is 9.70. The normalized spacial score (nSPS) is 29.6. The highest BCUT2D eigenvalue weighted by molar-refractivity contribution is 9.10. The Bertz CT molecular complexity index is 509. The van der Waals surface area contributed by atoms with E-state index in [1.807, 2.05) is 0 Å². The van der Waals surface area contributed by atoms with Crippen molar-refractivity contribution in [2.24, 2.45) is 5.41 Å². The van der Waals surface area contributed by atoms with E-state index in [9.17, 15) is 0 Å². The molecular formula is C15H19BrN2. The van der Waals surface area contributed by atoms with E-state index in [-0.39, 0.29) is 10.8 Å². The van der Waals surface area contributed by atoms with Crippen LogP contribution < -0.4 is 10.6 Å². The van der Waals surface area contributed by atoms with Crippen LogP contribution in [0.1, 0.15) is 25.8 Å². The summed E-state index contributed by atoms with van der Waals surface area (Å²) in [5.41, 5.74) is 2.85. The molecule has 1 aromatic rings. The van der Waals surface area contributed by atoms with E-state index < -0.39 is 0 Å². The molecule has 0 unspecified atom stereocenters. The molecule has 0 saturated carbocycles. The molecule has 2 heterocycles. The second-order valence-corrected chi connectivity index (χ2v) is 6.78. The van der Waals surface area contributed by atoms with Crippen LogP contribution in [0.2, 0.25) is 0 Å². The summed E-state index contributed by atoms with van der Waals surface area (Å²) in [5, 5.41) is 7.22. The standard InChI is InChI=1S/C15H19BrN2/c1-4-14(2,3)15-7-8-17-13(15)18-12-9-10(16)5-6-11(12)15/h4-6,9,13,17-18H,1,7-8H2,2-3H3/t13-,15-/m1/s1. The van der Waals surface area contributed by atoms with Gasteiger partial charge in [-0.3, -0.25) is 5.32 Å². The second kappa shape index (κ2) is 3.84. The topological polar surface area (TPSA) is 24.1 Å². The van der Waals surface area contributed by atoms with E-state index in [0.717, 1.165) is 17.4 Å². The van der Waals surface area contributed by atoms with Crippen LogP contribution in [-0.2, 0) is 5.41 Å². The van der Waals surface area contributed by atoms with E-state index in [1.165, 1.54) is 11.3 Å². The SMILES string of the molecule is C=CC(C)(C)[C@@]12CCN[C@@H]1Nc1cc(Br)ccc12. The molecule has 1 saturated heterocycles. The highest BCUT2D eigenvalue weighted by atomic mass is 79.9. The fourth-order valence-electron chi connectivity index (χ4n) is 3.60. The van der Waals surface area contributed by atoms with Gasteiger partial charge in [-0.05, 0) is 36.1 Å². The average molecular weight is 307 g/mol. The van der Waals surface area contributed by atoms with E-state index in [1.54, 1.807) is 0 Å². The van der Waals surface area contributed by atoms with Crippen LogP contribution in [0.25, 0.3) is 0 Å². The molecule has 96 valence electrons. The van der Waals surface area contributed by atoms with E-state index in [4.69, 9.17) is 0 Å². The van der Waals surface area contributed by atoms with Crippen LogP contribution in [0, 0.1) is 5.41 Å². The van der Waals surface area contributed by atoms with Crippen LogP contribution in [0.4, 0.5) is 5.69 Å². The molecule has 2 aliphatic rings. The molecular weight excluding hydrogens is 288 g/mol. The lowest BCUT2D eigenvalue weighted by atomic mass is 9.61. The van der Waals surface area contributed by atoms with Crippen molar-refractivity contribution in [2.45, 2.75) is 31.8 Å². The van der Waals surface area contributed by atoms with Gasteiger partial charge in [-0.15, -0.1) is 6.58 Å². The van der Waals surface area contributed by atoms with Crippen molar-refractivity contribution < 1.29 is 0 Å². The number of nitrogens with one attached hydrogen (secondary N) is 2. The largest absolute Gasteiger partial charge is 0.369 e. The first-order valence-electron chi connectivity index (χ1n) is 6.45. The Kier molecular flexibility index (Phi) is 2.62. The monoisotopic (exact) mass is 306 g/mol. The molecule has 0 radical (unpaired) electrons. The van der Waals surface area contributed by atoms with Crippen molar-refractivity contribution in [3.8, 4) is 0 Å². The van der Waals surface area contributed by atoms with Crippen LogP contribution in [0.5, 0.6) is 0 Å². The fraction of sp³-hybridized carbons (Fsp3) is 0.467. The lowest BCUT2D eigenvalue weighted by molar-refractivity contribution is 0.217. The van der Waals surface area contributed by atoms with E-state index in [2.05, 4.69) is 71.3 Å². The first kappa shape index (κ1) is 12.2. The van der Waals surface area contributed by atoms with Gasteiger partial charge in [0.25, 0.3) is 0 Å². The smallest absolute Gasteiger partial charge is 0.0876 e. The molecule has 0 spiro atoms. The molecule has 2 aliphatic heterocycles. The Hall–Kier alpha value is -0.800. The zero-order valence-electron chi connectivity index (χ0n) is 10.9. The van der Waals surface area contributed by atoms with Gasteiger partial charge >= 0.3 is 0 Å². The maximum Gasteiger partial charge on any atom is 0.0876 e. The number of halogens is 1. The zero-order chi connectivity index (χ0) is 13.0. The molecule has 0 amide bonds. The Morgan fingerprint density at radius 3 is 3.00 bits per heavy atom. The molecule has 3 rings (SSSR count).